The van der Waals surface area contributed by atoms with Gasteiger partial charge in [0.2, 0.25) is 5.91 Å². The normalized spacial score (nSPS) is 12.1. The number of carbonyl (C=O) groups is 2. The van der Waals surface area contributed by atoms with Gasteiger partial charge < -0.3 is 5.73 Å². The number of nitrogens with two attached hydrogens (primary N) is 1. The number of nitrogens with one attached hydrogen (secondary N) is 1. The molecule has 3 amide bonds. The van der Waals surface area contributed by atoms with Gasteiger partial charge in [0.25, 0.3) is 0 Å². The molecule has 2 rings (SSSR count). The monoisotopic (exact) mass is 317 g/mol. The molecule has 0 fully saturated rings. The van der Waals surface area contributed by atoms with E-state index in [0.717, 1.165) is 10.4 Å². The van der Waals surface area contributed by atoms with Gasteiger partial charge in [0.05, 0.1) is 0 Å². The highest BCUT2D eigenvalue weighted by Gasteiger charge is 2.27. The van der Waals surface area contributed by atoms with Crippen LogP contribution < -0.4 is 11.1 Å². The second-order valence-corrected chi connectivity index (χ2v) is 5.84. The Kier molecular flexibility index (Phi) is 5.68. The maximum Gasteiger partial charge on any atom is 0.318 e. The summed E-state index contributed by atoms with van der Waals surface area (Å²) in [7, 11) is 0. The lowest BCUT2D eigenvalue weighted by Gasteiger charge is -2.29. The zero-order valence-electron chi connectivity index (χ0n) is 12.4. The van der Waals surface area contributed by atoms with Gasteiger partial charge in [0.1, 0.15) is 6.04 Å². The Hall–Kier alpha value is -2.18. The highest BCUT2D eigenvalue weighted by molar-refractivity contribution is 7.09. The summed E-state index contributed by atoms with van der Waals surface area (Å²) in [5, 5.41) is 4.20. The smallest absolute Gasteiger partial charge is 0.318 e. The molecule has 1 heterocycles. The zero-order chi connectivity index (χ0) is 15.9. The van der Waals surface area contributed by atoms with Crippen molar-refractivity contribution in [2.45, 2.75) is 19.5 Å². The molecule has 1 aromatic carbocycles. The number of urea groups is 1. The van der Waals surface area contributed by atoms with Gasteiger partial charge in [-0.25, -0.2) is 4.79 Å². The maximum atomic E-state index is 12.4. The third-order valence-electron chi connectivity index (χ3n) is 3.32. The number of primary amides is 1. The SMILES string of the molecule is CCN(Cc1cccs1)[C@H](C(=O)NC(N)=O)c1ccccc1. The van der Waals surface area contributed by atoms with Crippen LogP contribution in [0, 0.1) is 0 Å². The summed E-state index contributed by atoms with van der Waals surface area (Å²) in [5.41, 5.74) is 5.93. The van der Waals surface area contributed by atoms with E-state index in [9.17, 15) is 9.59 Å². The first-order valence-corrected chi connectivity index (χ1v) is 7.91. The summed E-state index contributed by atoms with van der Waals surface area (Å²) >= 11 is 1.64. The molecule has 0 aliphatic rings. The number of carbonyl (C=O) groups excluding carboxylic acids is 2. The number of nitrogens with zero attached hydrogens (tertiary/aromatic N) is 1. The molecular formula is C16H19N3O2S. The Morgan fingerprint density at radius 2 is 1.95 bits per heavy atom. The highest BCUT2D eigenvalue weighted by Crippen LogP contribution is 2.24. The van der Waals surface area contributed by atoms with Crippen LogP contribution in [0.15, 0.2) is 47.8 Å². The summed E-state index contributed by atoms with van der Waals surface area (Å²) in [5.74, 6) is -0.405. The number of hydrogen-bond donors (Lipinski definition) is 2. The van der Waals surface area contributed by atoms with Crippen molar-refractivity contribution in [2.24, 2.45) is 5.73 Å². The molecule has 0 radical (unpaired) electrons. The molecule has 2 aromatic rings. The van der Waals surface area contributed by atoms with E-state index in [2.05, 4.69) is 5.32 Å². The van der Waals surface area contributed by atoms with Gasteiger partial charge in [-0.15, -0.1) is 11.3 Å². The molecule has 0 saturated heterocycles. The van der Waals surface area contributed by atoms with E-state index in [1.54, 1.807) is 11.3 Å². The van der Waals surface area contributed by atoms with Crippen LogP contribution in [0.2, 0.25) is 0 Å². The van der Waals surface area contributed by atoms with Crippen molar-refractivity contribution in [1.29, 1.82) is 0 Å². The Balaban J connectivity index is 2.29. The minimum absolute atomic E-state index is 0.405. The Bertz CT molecular complexity index is 614. The number of likely N-dealkylation sites (N-methyl/N-ethyl adjacent to an activating group) is 1. The van der Waals surface area contributed by atoms with Crippen LogP contribution in [-0.4, -0.2) is 23.4 Å². The van der Waals surface area contributed by atoms with Crippen LogP contribution in [0.4, 0.5) is 4.79 Å². The van der Waals surface area contributed by atoms with E-state index >= 15 is 0 Å². The quantitative estimate of drug-likeness (QED) is 0.859. The predicted octanol–water partition coefficient (Wildman–Crippen LogP) is 2.51. The summed E-state index contributed by atoms with van der Waals surface area (Å²) in [6.07, 6.45) is 0. The predicted molar refractivity (Wildman–Crippen MR) is 87.3 cm³/mol. The topological polar surface area (TPSA) is 75.4 Å². The Labute approximate surface area is 133 Å². The maximum absolute atomic E-state index is 12.4. The largest absolute Gasteiger partial charge is 0.351 e. The number of hydrogen-bond acceptors (Lipinski definition) is 4. The number of benzene rings is 1. The number of thiophene rings is 1. The van der Waals surface area contributed by atoms with E-state index in [1.165, 1.54) is 0 Å². The average molecular weight is 317 g/mol. The van der Waals surface area contributed by atoms with Crippen LogP contribution in [0.5, 0.6) is 0 Å². The van der Waals surface area contributed by atoms with E-state index in [4.69, 9.17) is 5.73 Å². The second kappa shape index (κ2) is 7.72. The van der Waals surface area contributed by atoms with Crippen LogP contribution in [0.1, 0.15) is 23.4 Å². The molecule has 116 valence electrons. The second-order valence-electron chi connectivity index (χ2n) is 4.81. The van der Waals surface area contributed by atoms with Crippen molar-refractivity contribution in [3.05, 3.63) is 58.3 Å². The third kappa shape index (κ3) is 4.16. The molecule has 0 saturated carbocycles. The molecule has 1 atom stereocenters. The summed E-state index contributed by atoms with van der Waals surface area (Å²) in [4.78, 5) is 26.7. The minimum atomic E-state index is -0.835. The van der Waals surface area contributed by atoms with Gasteiger partial charge in [-0.3, -0.25) is 15.0 Å². The van der Waals surface area contributed by atoms with Gasteiger partial charge in [-0.2, -0.15) is 0 Å². The van der Waals surface area contributed by atoms with Crippen molar-refractivity contribution >= 4 is 23.3 Å². The van der Waals surface area contributed by atoms with Crippen LogP contribution >= 0.6 is 11.3 Å². The number of amides is 3. The first kappa shape index (κ1) is 16.2. The molecule has 0 unspecified atom stereocenters. The molecular weight excluding hydrogens is 298 g/mol. The van der Waals surface area contributed by atoms with Gasteiger partial charge in [-0.1, -0.05) is 43.3 Å². The van der Waals surface area contributed by atoms with Crippen LogP contribution in [0.25, 0.3) is 0 Å². The molecule has 5 nitrogen and oxygen atoms in total. The molecule has 6 heteroatoms. The minimum Gasteiger partial charge on any atom is -0.351 e. The lowest BCUT2D eigenvalue weighted by Crippen LogP contribution is -2.44. The number of rotatable bonds is 6. The van der Waals surface area contributed by atoms with Crippen molar-refractivity contribution in [1.82, 2.24) is 10.2 Å². The fraction of sp³-hybridized carbons (Fsp3) is 0.250. The van der Waals surface area contributed by atoms with E-state index < -0.39 is 18.0 Å². The Morgan fingerprint density at radius 1 is 1.23 bits per heavy atom. The van der Waals surface area contributed by atoms with E-state index in [1.807, 2.05) is 59.7 Å². The van der Waals surface area contributed by atoms with Crippen LogP contribution in [-0.2, 0) is 11.3 Å². The van der Waals surface area contributed by atoms with Gasteiger partial charge >= 0.3 is 6.03 Å². The van der Waals surface area contributed by atoms with Crippen molar-refractivity contribution in [3.8, 4) is 0 Å². The highest BCUT2D eigenvalue weighted by atomic mass is 32.1. The van der Waals surface area contributed by atoms with E-state index in [0.29, 0.717) is 13.1 Å². The number of imide groups is 1. The van der Waals surface area contributed by atoms with Crippen molar-refractivity contribution < 1.29 is 9.59 Å². The lowest BCUT2D eigenvalue weighted by molar-refractivity contribution is -0.125. The molecule has 0 bridgehead atoms. The first-order chi connectivity index (χ1) is 10.6. The van der Waals surface area contributed by atoms with Crippen molar-refractivity contribution in [3.63, 3.8) is 0 Å². The summed E-state index contributed by atoms with van der Waals surface area (Å²) < 4.78 is 0. The molecule has 0 aliphatic heterocycles. The fourth-order valence-electron chi connectivity index (χ4n) is 2.34. The molecule has 0 spiro atoms. The van der Waals surface area contributed by atoms with Gasteiger partial charge in [-0.05, 0) is 23.6 Å². The lowest BCUT2D eigenvalue weighted by atomic mass is 10.0. The molecule has 22 heavy (non-hydrogen) atoms. The third-order valence-corrected chi connectivity index (χ3v) is 4.18. The van der Waals surface area contributed by atoms with Crippen LogP contribution in [0.3, 0.4) is 0 Å². The van der Waals surface area contributed by atoms with Gasteiger partial charge in [0.15, 0.2) is 0 Å². The zero-order valence-corrected chi connectivity index (χ0v) is 13.2. The molecule has 3 N–H and O–H groups in total. The Morgan fingerprint density at radius 3 is 2.50 bits per heavy atom. The van der Waals surface area contributed by atoms with Crippen molar-refractivity contribution in [2.75, 3.05) is 6.54 Å². The van der Waals surface area contributed by atoms with E-state index in [-0.39, 0.29) is 0 Å². The van der Waals surface area contributed by atoms with Gasteiger partial charge in [0, 0.05) is 11.4 Å². The fourth-order valence-corrected chi connectivity index (χ4v) is 3.07. The average Bonchev–Trinajstić information content (AvgIpc) is 3.00. The molecule has 0 aliphatic carbocycles. The summed E-state index contributed by atoms with van der Waals surface area (Å²) in [6.45, 7) is 3.30. The molecule has 1 aromatic heterocycles. The standard InChI is InChI=1S/C16H19N3O2S/c1-2-19(11-13-9-6-10-22-13)14(15(20)18-16(17)21)12-7-4-3-5-8-12/h3-10,14H,2,11H2,1H3,(H3,17,18,20,21)/t14-/m0/s1. The first-order valence-electron chi connectivity index (χ1n) is 7.03. The summed E-state index contributed by atoms with van der Waals surface area (Å²) in [6, 6.07) is 12.0.